The van der Waals surface area contributed by atoms with Crippen LogP contribution in [0.15, 0.2) is 29.2 Å². The first-order valence-electron chi connectivity index (χ1n) is 8.57. The third-order valence-corrected chi connectivity index (χ3v) is 5.86. The van der Waals surface area contributed by atoms with Crippen molar-refractivity contribution < 1.29 is 13.2 Å². The van der Waals surface area contributed by atoms with Crippen molar-refractivity contribution in [3.8, 4) is 0 Å². The molecule has 1 atom stereocenters. The summed E-state index contributed by atoms with van der Waals surface area (Å²) in [5, 5.41) is 3.28. The molecule has 6 nitrogen and oxygen atoms in total. The number of hydrogen-bond donors (Lipinski definition) is 2. The molecule has 1 aromatic rings. The Bertz CT molecular complexity index is 634. The van der Waals surface area contributed by atoms with E-state index in [9.17, 15) is 13.2 Å². The summed E-state index contributed by atoms with van der Waals surface area (Å²) in [5.41, 5.74) is 0.508. The molecule has 0 saturated carbocycles. The van der Waals surface area contributed by atoms with E-state index in [2.05, 4.69) is 10.0 Å². The molecular weight excluding hydrogens is 326 g/mol. The molecule has 0 radical (unpaired) electrons. The van der Waals surface area contributed by atoms with E-state index in [4.69, 9.17) is 0 Å². The van der Waals surface area contributed by atoms with Crippen molar-refractivity contribution in [3.63, 3.8) is 0 Å². The first-order chi connectivity index (χ1) is 11.5. The molecule has 1 aliphatic rings. The van der Waals surface area contributed by atoms with Crippen molar-refractivity contribution in [3.05, 3.63) is 29.8 Å². The number of sulfonamides is 1. The van der Waals surface area contributed by atoms with Crippen LogP contribution in [0.3, 0.4) is 0 Å². The van der Waals surface area contributed by atoms with Gasteiger partial charge in [-0.05, 0) is 70.0 Å². The van der Waals surface area contributed by atoms with E-state index in [1.807, 2.05) is 13.8 Å². The highest BCUT2D eigenvalue weighted by Gasteiger charge is 2.19. The van der Waals surface area contributed by atoms with Gasteiger partial charge in [0.25, 0.3) is 5.91 Å². The second kappa shape index (κ2) is 8.60. The van der Waals surface area contributed by atoms with Gasteiger partial charge in [0, 0.05) is 25.2 Å². The van der Waals surface area contributed by atoms with Crippen LogP contribution in [-0.4, -0.2) is 51.9 Å². The lowest BCUT2D eigenvalue weighted by molar-refractivity contribution is 0.0773. The van der Waals surface area contributed by atoms with Crippen molar-refractivity contribution in [2.24, 2.45) is 5.92 Å². The van der Waals surface area contributed by atoms with Gasteiger partial charge < -0.3 is 10.2 Å². The molecule has 1 unspecified atom stereocenters. The van der Waals surface area contributed by atoms with Crippen molar-refractivity contribution in [1.82, 2.24) is 14.9 Å². The highest BCUT2D eigenvalue weighted by molar-refractivity contribution is 7.89. The minimum atomic E-state index is -3.54. The summed E-state index contributed by atoms with van der Waals surface area (Å²) in [6.45, 7) is 7.40. The maximum Gasteiger partial charge on any atom is 0.253 e. The molecule has 7 heteroatoms. The highest BCUT2D eigenvalue weighted by atomic mass is 32.2. The van der Waals surface area contributed by atoms with Crippen LogP contribution >= 0.6 is 0 Å². The Morgan fingerprint density at radius 3 is 2.46 bits per heavy atom. The number of amides is 1. The van der Waals surface area contributed by atoms with Crippen LogP contribution in [0, 0.1) is 5.92 Å². The molecule has 1 saturated heterocycles. The van der Waals surface area contributed by atoms with Gasteiger partial charge in [0.1, 0.15) is 0 Å². The molecule has 2 N–H and O–H groups in total. The molecule has 1 aromatic carbocycles. The summed E-state index contributed by atoms with van der Waals surface area (Å²) in [6, 6.07) is 6.16. The third-order valence-electron chi connectivity index (χ3n) is 4.42. The summed E-state index contributed by atoms with van der Waals surface area (Å²) in [4.78, 5) is 14.2. The Morgan fingerprint density at radius 2 is 1.92 bits per heavy atom. The van der Waals surface area contributed by atoms with Gasteiger partial charge in [-0.1, -0.05) is 0 Å². The zero-order valence-electron chi connectivity index (χ0n) is 14.4. The van der Waals surface area contributed by atoms with Crippen LogP contribution in [0.4, 0.5) is 0 Å². The number of piperidine rings is 1. The Morgan fingerprint density at radius 1 is 1.25 bits per heavy atom. The monoisotopic (exact) mass is 353 g/mol. The lowest BCUT2D eigenvalue weighted by atomic mass is 10.0. The molecule has 134 valence electrons. The summed E-state index contributed by atoms with van der Waals surface area (Å²) in [6.07, 6.45) is 2.11. The standard InChI is InChI=1S/C17H27N3O3S/c1-3-20(4-2)17(21)15-7-9-16(10-8-15)24(22,23)19-13-14-6-5-11-18-12-14/h7-10,14,18-19H,3-6,11-13H2,1-2H3. The predicted octanol–water partition coefficient (Wildman–Crippen LogP) is 1.45. The Hall–Kier alpha value is -1.44. The molecule has 1 fully saturated rings. The van der Waals surface area contributed by atoms with Crippen LogP contribution in [0.2, 0.25) is 0 Å². The van der Waals surface area contributed by atoms with Gasteiger partial charge in [-0.3, -0.25) is 4.79 Å². The lowest BCUT2D eigenvalue weighted by Crippen LogP contribution is -2.38. The van der Waals surface area contributed by atoms with Crippen molar-refractivity contribution in [2.75, 3.05) is 32.7 Å². The SMILES string of the molecule is CCN(CC)C(=O)c1ccc(S(=O)(=O)NCC2CCCNC2)cc1. The van der Waals surface area contributed by atoms with E-state index in [-0.39, 0.29) is 10.8 Å². The number of nitrogens with zero attached hydrogens (tertiary/aromatic N) is 1. The maximum atomic E-state index is 12.4. The van der Waals surface area contributed by atoms with Crippen LogP contribution in [0.5, 0.6) is 0 Å². The molecule has 0 aromatic heterocycles. The second-order valence-electron chi connectivity index (χ2n) is 6.07. The molecule has 2 rings (SSSR count). The Balaban J connectivity index is 2.01. The normalized spacial score (nSPS) is 18.3. The van der Waals surface area contributed by atoms with Gasteiger partial charge >= 0.3 is 0 Å². The largest absolute Gasteiger partial charge is 0.339 e. The zero-order valence-corrected chi connectivity index (χ0v) is 15.2. The molecule has 1 amide bonds. The van der Waals surface area contributed by atoms with Crippen molar-refractivity contribution in [2.45, 2.75) is 31.6 Å². The van der Waals surface area contributed by atoms with Gasteiger partial charge in [0.2, 0.25) is 10.0 Å². The maximum absolute atomic E-state index is 12.4. The van der Waals surface area contributed by atoms with Crippen molar-refractivity contribution >= 4 is 15.9 Å². The molecule has 1 heterocycles. The summed E-state index contributed by atoms with van der Waals surface area (Å²) >= 11 is 0. The average Bonchev–Trinajstić information content (AvgIpc) is 2.62. The lowest BCUT2D eigenvalue weighted by Gasteiger charge is -2.22. The minimum Gasteiger partial charge on any atom is -0.339 e. The summed E-state index contributed by atoms with van der Waals surface area (Å²) in [7, 11) is -3.54. The molecule has 0 bridgehead atoms. The number of hydrogen-bond acceptors (Lipinski definition) is 4. The third kappa shape index (κ3) is 4.78. The molecule has 0 spiro atoms. The Kier molecular flexibility index (Phi) is 6.77. The van der Waals surface area contributed by atoms with E-state index in [0.29, 0.717) is 31.1 Å². The summed E-state index contributed by atoms with van der Waals surface area (Å²) < 4.78 is 27.4. The van der Waals surface area contributed by atoms with Gasteiger partial charge in [0.05, 0.1) is 4.90 Å². The minimum absolute atomic E-state index is 0.0785. The van der Waals surface area contributed by atoms with Gasteiger partial charge in [-0.2, -0.15) is 0 Å². The van der Waals surface area contributed by atoms with Crippen molar-refractivity contribution in [1.29, 1.82) is 0 Å². The quantitative estimate of drug-likeness (QED) is 0.778. The van der Waals surface area contributed by atoms with Gasteiger partial charge in [-0.15, -0.1) is 0 Å². The fraction of sp³-hybridized carbons (Fsp3) is 0.588. The second-order valence-corrected chi connectivity index (χ2v) is 7.83. The number of nitrogens with one attached hydrogen (secondary N) is 2. The fourth-order valence-corrected chi connectivity index (χ4v) is 4.00. The van der Waals surface area contributed by atoms with Gasteiger partial charge in [0.15, 0.2) is 0 Å². The topological polar surface area (TPSA) is 78.5 Å². The van der Waals surface area contributed by atoms with Crippen LogP contribution in [-0.2, 0) is 10.0 Å². The fourth-order valence-electron chi connectivity index (χ4n) is 2.88. The molecular formula is C17H27N3O3S. The molecule has 0 aliphatic carbocycles. The number of benzene rings is 1. The molecule has 24 heavy (non-hydrogen) atoms. The Labute approximate surface area is 144 Å². The smallest absolute Gasteiger partial charge is 0.253 e. The highest BCUT2D eigenvalue weighted by Crippen LogP contribution is 2.14. The van der Waals surface area contributed by atoms with Crippen LogP contribution in [0.1, 0.15) is 37.0 Å². The van der Waals surface area contributed by atoms with E-state index < -0.39 is 10.0 Å². The molecule has 1 aliphatic heterocycles. The van der Waals surface area contributed by atoms with Gasteiger partial charge in [-0.25, -0.2) is 13.1 Å². The average molecular weight is 353 g/mol. The summed E-state index contributed by atoms with van der Waals surface area (Å²) in [5.74, 6) is 0.252. The van der Waals surface area contributed by atoms with Crippen LogP contribution in [0.25, 0.3) is 0 Å². The van der Waals surface area contributed by atoms with Crippen LogP contribution < -0.4 is 10.0 Å². The number of carbonyl (C=O) groups is 1. The first-order valence-corrected chi connectivity index (χ1v) is 10.1. The first kappa shape index (κ1) is 18.9. The van der Waals surface area contributed by atoms with E-state index in [0.717, 1.165) is 25.9 Å². The van der Waals surface area contributed by atoms with E-state index in [1.165, 1.54) is 12.1 Å². The van der Waals surface area contributed by atoms with E-state index >= 15 is 0 Å². The van der Waals surface area contributed by atoms with E-state index in [1.54, 1.807) is 17.0 Å². The number of rotatable bonds is 7. The zero-order chi connectivity index (χ0) is 17.6. The number of carbonyl (C=O) groups excluding carboxylic acids is 1. The predicted molar refractivity (Wildman–Crippen MR) is 94.5 cm³/mol.